The first-order chi connectivity index (χ1) is 13.0. The molecule has 2 aromatic rings. The zero-order valence-electron chi connectivity index (χ0n) is 15.2. The van der Waals surface area contributed by atoms with E-state index >= 15 is 0 Å². The number of non-ortho nitro benzene ring substituents is 1. The number of rotatable bonds is 3. The Morgan fingerprint density at radius 3 is 2.81 bits per heavy atom. The Bertz CT molecular complexity index is 889. The molecule has 1 aromatic heterocycles. The highest BCUT2D eigenvalue weighted by Gasteiger charge is 2.32. The molecule has 1 saturated carbocycles. The van der Waals surface area contributed by atoms with Crippen LogP contribution in [0, 0.1) is 17.0 Å². The first kappa shape index (κ1) is 18.0. The largest absolute Gasteiger partial charge is 0.310 e. The fourth-order valence-electron chi connectivity index (χ4n) is 4.06. The summed E-state index contributed by atoms with van der Waals surface area (Å²) in [5.74, 6) is 1.03. The van der Waals surface area contributed by atoms with Crippen molar-refractivity contribution in [2.75, 3.05) is 11.1 Å². The zero-order chi connectivity index (χ0) is 19.0. The van der Waals surface area contributed by atoms with Gasteiger partial charge < -0.3 is 5.32 Å². The van der Waals surface area contributed by atoms with Crippen molar-refractivity contribution in [1.29, 1.82) is 0 Å². The number of nitrogens with zero attached hydrogens (tertiary/aromatic N) is 3. The van der Waals surface area contributed by atoms with E-state index in [1.54, 1.807) is 12.1 Å². The molecule has 1 aromatic carbocycles. The third-order valence-corrected chi connectivity index (χ3v) is 6.61. The van der Waals surface area contributed by atoms with E-state index < -0.39 is 0 Å². The van der Waals surface area contributed by atoms with Crippen LogP contribution in [0.5, 0.6) is 0 Å². The first-order valence-electron chi connectivity index (χ1n) is 9.29. The van der Waals surface area contributed by atoms with E-state index in [0.717, 1.165) is 35.5 Å². The van der Waals surface area contributed by atoms with E-state index in [1.807, 2.05) is 17.7 Å². The maximum atomic E-state index is 12.4. The topological polar surface area (TPSA) is 90.1 Å². The van der Waals surface area contributed by atoms with Gasteiger partial charge in [0.1, 0.15) is 5.82 Å². The Labute approximate surface area is 161 Å². The van der Waals surface area contributed by atoms with Crippen LogP contribution in [0.15, 0.2) is 24.3 Å². The van der Waals surface area contributed by atoms with Crippen molar-refractivity contribution in [3.05, 3.63) is 51.2 Å². The van der Waals surface area contributed by atoms with E-state index in [1.165, 1.54) is 37.1 Å². The molecule has 1 aliphatic heterocycles. The molecule has 1 atom stereocenters. The second-order valence-electron chi connectivity index (χ2n) is 7.18. The van der Waals surface area contributed by atoms with Crippen LogP contribution < -0.4 is 5.32 Å². The lowest BCUT2D eigenvalue weighted by molar-refractivity contribution is -0.384. The molecule has 0 spiro atoms. The van der Waals surface area contributed by atoms with Crippen LogP contribution in [0.3, 0.4) is 0 Å². The fraction of sp³-hybridized carbons (Fsp3) is 0.474. The lowest BCUT2D eigenvalue weighted by atomic mass is 9.95. The van der Waals surface area contributed by atoms with Crippen LogP contribution >= 0.6 is 11.8 Å². The van der Waals surface area contributed by atoms with Gasteiger partial charge in [-0.1, -0.05) is 31.4 Å². The molecule has 0 bridgehead atoms. The SMILES string of the molecule is Cc1nn(C2CCCCC2)c2c1C(c1cccc([N+](=O)[O-])c1)SCC(=O)N2. The Morgan fingerprint density at radius 2 is 2.07 bits per heavy atom. The number of carbonyl (C=O) groups excluding carboxylic acids is 1. The molecule has 7 nitrogen and oxygen atoms in total. The molecule has 0 saturated heterocycles. The lowest BCUT2D eigenvalue weighted by Crippen LogP contribution is -2.20. The van der Waals surface area contributed by atoms with E-state index in [4.69, 9.17) is 5.10 Å². The van der Waals surface area contributed by atoms with Crippen LogP contribution in [0.2, 0.25) is 0 Å². The Hall–Kier alpha value is -2.35. The summed E-state index contributed by atoms with van der Waals surface area (Å²) < 4.78 is 2.00. The molecule has 1 unspecified atom stereocenters. The van der Waals surface area contributed by atoms with Gasteiger partial charge in [-0.2, -0.15) is 5.10 Å². The lowest BCUT2D eigenvalue weighted by Gasteiger charge is -2.24. The second kappa shape index (κ2) is 7.34. The number of benzene rings is 1. The van der Waals surface area contributed by atoms with Gasteiger partial charge in [0.2, 0.25) is 5.91 Å². The van der Waals surface area contributed by atoms with Crippen molar-refractivity contribution >= 4 is 29.2 Å². The third-order valence-electron chi connectivity index (χ3n) is 5.34. The first-order valence-corrected chi connectivity index (χ1v) is 10.3. The van der Waals surface area contributed by atoms with Crippen LogP contribution in [0.25, 0.3) is 0 Å². The number of thioether (sulfide) groups is 1. The smallest absolute Gasteiger partial charge is 0.269 e. The van der Waals surface area contributed by atoms with Gasteiger partial charge in [-0.15, -0.1) is 11.8 Å². The highest BCUT2D eigenvalue weighted by molar-refractivity contribution is 8.00. The maximum absolute atomic E-state index is 12.4. The summed E-state index contributed by atoms with van der Waals surface area (Å²) in [5, 5.41) is 18.9. The third kappa shape index (κ3) is 3.45. The van der Waals surface area contributed by atoms with Gasteiger partial charge in [0.05, 0.1) is 27.7 Å². The van der Waals surface area contributed by atoms with E-state index in [-0.39, 0.29) is 21.8 Å². The summed E-state index contributed by atoms with van der Waals surface area (Å²) in [7, 11) is 0. The number of hydrogen-bond acceptors (Lipinski definition) is 5. The summed E-state index contributed by atoms with van der Waals surface area (Å²) in [4.78, 5) is 23.2. The number of nitro benzene ring substituents is 1. The summed E-state index contributed by atoms with van der Waals surface area (Å²) in [6, 6.07) is 6.99. The van der Waals surface area contributed by atoms with Crippen LogP contribution in [0.4, 0.5) is 11.5 Å². The average molecular weight is 386 g/mol. The number of amides is 1. The minimum Gasteiger partial charge on any atom is -0.310 e. The number of aryl methyl sites for hydroxylation is 1. The van der Waals surface area contributed by atoms with Gasteiger partial charge >= 0.3 is 0 Å². The quantitative estimate of drug-likeness (QED) is 0.624. The van der Waals surface area contributed by atoms with Gasteiger partial charge in [0.15, 0.2) is 0 Å². The number of carbonyl (C=O) groups is 1. The van der Waals surface area contributed by atoms with Gasteiger partial charge in [0, 0.05) is 17.7 Å². The summed E-state index contributed by atoms with van der Waals surface area (Å²) in [5.41, 5.74) is 2.74. The van der Waals surface area contributed by atoms with Crippen LogP contribution in [0.1, 0.15) is 60.2 Å². The van der Waals surface area contributed by atoms with Crippen molar-refractivity contribution < 1.29 is 9.72 Å². The average Bonchev–Trinajstić information content (AvgIpc) is 2.88. The number of nitrogens with one attached hydrogen (secondary N) is 1. The van der Waals surface area contributed by atoms with E-state index in [2.05, 4.69) is 5.32 Å². The van der Waals surface area contributed by atoms with Crippen molar-refractivity contribution in [3.8, 4) is 0 Å². The highest BCUT2D eigenvalue weighted by atomic mass is 32.2. The number of anilines is 1. The Balaban J connectivity index is 1.80. The molecule has 4 rings (SSSR count). The molecule has 8 heteroatoms. The van der Waals surface area contributed by atoms with Crippen LogP contribution in [-0.4, -0.2) is 26.4 Å². The van der Waals surface area contributed by atoms with E-state index in [9.17, 15) is 14.9 Å². The number of fused-ring (bicyclic) bond motifs is 1. The number of nitro groups is 1. The number of hydrogen-bond donors (Lipinski definition) is 1. The molecule has 1 fully saturated rings. The van der Waals surface area contributed by atoms with Crippen molar-refractivity contribution in [1.82, 2.24) is 9.78 Å². The molecular formula is C19H22N4O3S. The van der Waals surface area contributed by atoms with Gasteiger partial charge in [-0.25, -0.2) is 4.68 Å². The predicted molar refractivity (Wildman–Crippen MR) is 105 cm³/mol. The summed E-state index contributed by atoms with van der Waals surface area (Å²) in [6.45, 7) is 1.96. The Morgan fingerprint density at radius 1 is 1.30 bits per heavy atom. The minimum absolute atomic E-state index is 0.0499. The molecule has 2 heterocycles. The molecule has 0 radical (unpaired) electrons. The monoisotopic (exact) mass is 386 g/mol. The Kier molecular flexibility index (Phi) is 4.90. The molecule has 2 aliphatic rings. The number of aromatic nitrogens is 2. The van der Waals surface area contributed by atoms with Crippen LogP contribution in [-0.2, 0) is 4.79 Å². The minimum atomic E-state index is -0.381. The van der Waals surface area contributed by atoms with Crippen molar-refractivity contribution in [2.24, 2.45) is 0 Å². The molecule has 142 valence electrons. The van der Waals surface area contributed by atoms with Crippen molar-refractivity contribution in [3.63, 3.8) is 0 Å². The maximum Gasteiger partial charge on any atom is 0.269 e. The predicted octanol–water partition coefficient (Wildman–Crippen LogP) is 4.38. The van der Waals surface area contributed by atoms with Gasteiger partial charge in [-0.3, -0.25) is 14.9 Å². The molecule has 1 aliphatic carbocycles. The van der Waals surface area contributed by atoms with Crippen molar-refractivity contribution in [2.45, 2.75) is 50.3 Å². The van der Waals surface area contributed by atoms with Gasteiger partial charge in [0.25, 0.3) is 5.69 Å². The normalized spacial score (nSPS) is 20.6. The second-order valence-corrected chi connectivity index (χ2v) is 8.27. The molecule has 1 amide bonds. The molecule has 27 heavy (non-hydrogen) atoms. The molecule has 1 N–H and O–H groups in total. The van der Waals surface area contributed by atoms with Gasteiger partial charge in [-0.05, 0) is 25.3 Å². The fourth-order valence-corrected chi connectivity index (χ4v) is 5.24. The standard InChI is InChI=1S/C19H22N4O3S/c1-12-17-18(13-6-5-9-15(10-13)23(25)26)27-11-16(24)20-19(17)22(21-12)14-7-3-2-4-8-14/h5-6,9-10,14,18H,2-4,7-8,11H2,1H3,(H,20,24). The highest BCUT2D eigenvalue weighted by Crippen LogP contribution is 2.45. The van der Waals surface area contributed by atoms with E-state index in [0.29, 0.717) is 11.8 Å². The molecular weight excluding hydrogens is 364 g/mol. The summed E-state index contributed by atoms with van der Waals surface area (Å²) in [6.07, 6.45) is 5.73. The zero-order valence-corrected chi connectivity index (χ0v) is 16.0. The summed E-state index contributed by atoms with van der Waals surface area (Å²) >= 11 is 1.49.